The molecule has 1 aromatic carbocycles. The molecule has 0 aliphatic carbocycles. The molecule has 5 heteroatoms. The Morgan fingerprint density at radius 2 is 1.85 bits per heavy atom. The maximum absolute atomic E-state index is 6.13. The minimum Gasteiger partial charge on any atom is -0.370 e. The third kappa shape index (κ3) is 3.61. The Morgan fingerprint density at radius 1 is 1.10 bits per heavy atom. The first kappa shape index (κ1) is 14.6. The molecule has 20 heavy (non-hydrogen) atoms. The zero-order chi connectivity index (χ0) is 14.5. The Kier molecular flexibility index (Phi) is 4.79. The largest absolute Gasteiger partial charge is 0.370 e. The molecule has 0 aliphatic rings. The van der Waals surface area contributed by atoms with Crippen LogP contribution in [0.25, 0.3) is 0 Å². The molecule has 0 bridgehead atoms. The average Bonchev–Trinajstić information content (AvgIpc) is 2.43. The lowest BCUT2D eigenvalue weighted by atomic mass is 10.2. The van der Waals surface area contributed by atoms with Gasteiger partial charge in [0.05, 0.1) is 0 Å². The molecule has 1 heterocycles. The van der Waals surface area contributed by atoms with Gasteiger partial charge in [0.25, 0.3) is 0 Å². The predicted molar refractivity (Wildman–Crippen MR) is 85.0 cm³/mol. The maximum Gasteiger partial charge on any atom is 0.136 e. The molecule has 0 atom stereocenters. The van der Waals surface area contributed by atoms with Gasteiger partial charge < -0.3 is 10.6 Å². The molecule has 0 spiro atoms. The molecule has 1 aromatic heterocycles. The molecule has 4 nitrogen and oxygen atoms in total. The van der Waals surface area contributed by atoms with Gasteiger partial charge in [-0.25, -0.2) is 9.97 Å². The minimum absolute atomic E-state index is 0.742. The second-order valence-electron chi connectivity index (χ2n) is 4.53. The van der Waals surface area contributed by atoms with Crippen LogP contribution in [-0.4, -0.2) is 16.5 Å². The second kappa shape index (κ2) is 6.57. The van der Waals surface area contributed by atoms with E-state index in [-0.39, 0.29) is 0 Å². The molecule has 0 saturated carbocycles. The lowest BCUT2D eigenvalue weighted by Gasteiger charge is -2.10. The van der Waals surface area contributed by atoms with Crippen LogP contribution in [0.3, 0.4) is 0 Å². The molecule has 0 amide bonds. The molecular formula is C15H19ClN4. The summed E-state index contributed by atoms with van der Waals surface area (Å²) in [5.41, 5.74) is 1.98. The Morgan fingerprint density at radius 3 is 2.50 bits per heavy atom. The van der Waals surface area contributed by atoms with Gasteiger partial charge in [0.1, 0.15) is 17.5 Å². The molecule has 0 saturated heterocycles. The third-order valence-corrected chi connectivity index (χ3v) is 3.30. The molecule has 0 radical (unpaired) electrons. The van der Waals surface area contributed by atoms with Crippen molar-refractivity contribution in [2.45, 2.75) is 27.2 Å². The molecule has 0 fully saturated rings. The van der Waals surface area contributed by atoms with Crippen molar-refractivity contribution in [3.8, 4) is 0 Å². The number of halogens is 1. The van der Waals surface area contributed by atoms with Gasteiger partial charge in [-0.1, -0.05) is 24.6 Å². The highest BCUT2D eigenvalue weighted by molar-refractivity contribution is 6.31. The van der Waals surface area contributed by atoms with Gasteiger partial charge in [0.15, 0.2) is 0 Å². The Balaban J connectivity index is 2.27. The fraction of sp³-hybridized carbons (Fsp3) is 0.333. The highest BCUT2D eigenvalue weighted by atomic mass is 35.5. The number of aryl methyl sites for hydroxylation is 2. The van der Waals surface area contributed by atoms with Crippen molar-refractivity contribution >= 4 is 28.9 Å². The highest BCUT2D eigenvalue weighted by Crippen LogP contribution is 2.23. The number of anilines is 3. The summed E-state index contributed by atoms with van der Waals surface area (Å²) in [6.07, 6.45) is 0.794. The Hall–Kier alpha value is -1.81. The number of hydrogen-bond acceptors (Lipinski definition) is 4. The summed E-state index contributed by atoms with van der Waals surface area (Å²) in [6, 6.07) is 7.77. The number of nitrogens with one attached hydrogen (secondary N) is 2. The average molecular weight is 291 g/mol. The number of rotatable bonds is 5. The van der Waals surface area contributed by atoms with Gasteiger partial charge in [-0.2, -0.15) is 0 Å². The summed E-state index contributed by atoms with van der Waals surface area (Å²) in [7, 11) is 0. The molecule has 106 valence electrons. The summed E-state index contributed by atoms with van der Waals surface area (Å²) in [6.45, 7) is 6.89. The lowest BCUT2D eigenvalue weighted by molar-refractivity contribution is 0.939. The summed E-state index contributed by atoms with van der Waals surface area (Å²) in [5.74, 6) is 2.41. The standard InChI is InChI=1S/C15H19ClN4/c1-4-13-19-14(17-5-2)9-15(20-13)18-11-7-6-10(3)12(16)8-11/h6-9H,4-5H2,1-3H3,(H2,17,18,19,20). The van der Waals surface area contributed by atoms with E-state index in [9.17, 15) is 0 Å². The first-order chi connectivity index (χ1) is 9.62. The fourth-order valence-corrected chi connectivity index (χ4v) is 1.99. The third-order valence-electron chi connectivity index (χ3n) is 2.89. The van der Waals surface area contributed by atoms with E-state index in [2.05, 4.69) is 20.6 Å². The van der Waals surface area contributed by atoms with E-state index >= 15 is 0 Å². The fourth-order valence-electron chi connectivity index (χ4n) is 1.81. The van der Waals surface area contributed by atoms with Crippen molar-refractivity contribution < 1.29 is 0 Å². The van der Waals surface area contributed by atoms with Crippen LogP contribution in [-0.2, 0) is 6.42 Å². The van der Waals surface area contributed by atoms with Crippen LogP contribution in [0.5, 0.6) is 0 Å². The molecule has 2 N–H and O–H groups in total. The van der Waals surface area contributed by atoms with Crippen molar-refractivity contribution in [1.82, 2.24) is 9.97 Å². The van der Waals surface area contributed by atoms with Gasteiger partial charge >= 0.3 is 0 Å². The summed E-state index contributed by atoms with van der Waals surface area (Å²) >= 11 is 6.13. The van der Waals surface area contributed by atoms with Crippen LogP contribution in [0.2, 0.25) is 5.02 Å². The summed E-state index contributed by atoms with van der Waals surface area (Å²) < 4.78 is 0. The quantitative estimate of drug-likeness (QED) is 0.867. The molecule has 2 rings (SSSR count). The maximum atomic E-state index is 6.13. The van der Waals surface area contributed by atoms with Crippen molar-refractivity contribution in [1.29, 1.82) is 0 Å². The van der Waals surface area contributed by atoms with E-state index in [1.54, 1.807) is 0 Å². The van der Waals surface area contributed by atoms with Gasteiger partial charge in [0.2, 0.25) is 0 Å². The molecular weight excluding hydrogens is 272 g/mol. The number of benzene rings is 1. The van der Waals surface area contributed by atoms with E-state index in [4.69, 9.17) is 11.6 Å². The van der Waals surface area contributed by atoms with E-state index in [1.807, 2.05) is 45.0 Å². The topological polar surface area (TPSA) is 49.8 Å². The van der Waals surface area contributed by atoms with E-state index in [0.717, 1.165) is 46.7 Å². The molecule has 0 aliphatic heterocycles. The van der Waals surface area contributed by atoms with E-state index < -0.39 is 0 Å². The van der Waals surface area contributed by atoms with Gasteiger partial charge in [0, 0.05) is 29.7 Å². The normalized spacial score (nSPS) is 10.4. The first-order valence-corrected chi connectivity index (χ1v) is 7.15. The van der Waals surface area contributed by atoms with Gasteiger partial charge in [-0.3, -0.25) is 0 Å². The number of nitrogens with zero attached hydrogens (tertiary/aromatic N) is 2. The van der Waals surface area contributed by atoms with Crippen LogP contribution in [0.1, 0.15) is 25.2 Å². The van der Waals surface area contributed by atoms with Crippen LogP contribution >= 0.6 is 11.6 Å². The summed E-state index contributed by atoms with van der Waals surface area (Å²) in [5, 5.41) is 7.22. The monoisotopic (exact) mass is 290 g/mol. The highest BCUT2D eigenvalue weighted by Gasteiger charge is 2.04. The zero-order valence-electron chi connectivity index (χ0n) is 12.0. The van der Waals surface area contributed by atoms with Crippen molar-refractivity contribution in [3.05, 3.63) is 40.7 Å². The Bertz CT molecular complexity index is 598. The van der Waals surface area contributed by atoms with E-state index in [1.165, 1.54) is 0 Å². The van der Waals surface area contributed by atoms with Gasteiger partial charge in [-0.05, 0) is 31.5 Å². The van der Waals surface area contributed by atoms with Crippen molar-refractivity contribution in [2.24, 2.45) is 0 Å². The lowest BCUT2D eigenvalue weighted by Crippen LogP contribution is -2.05. The van der Waals surface area contributed by atoms with Crippen LogP contribution in [0, 0.1) is 6.92 Å². The van der Waals surface area contributed by atoms with Crippen LogP contribution < -0.4 is 10.6 Å². The Labute approximate surface area is 124 Å². The zero-order valence-corrected chi connectivity index (χ0v) is 12.8. The van der Waals surface area contributed by atoms with E-state index in [0.29, 0.717) is 0 Å². The van der Waals surface area contributed by atoms with Crippen LogP contribution in [0.15, 0.2) is 24.3 Å². The van der Waals surface area contributed by atoms with Gasteiger partial charge in [-0.15, -0.1) is 0 Å². The molecule has 2 aromatic rings. The van der Waals surface area contributed by atoms with Crippen molar-refractivity contribution in [3.63, 3.8) is 0 Å². The number of hydrogen-bond donors (Lipinski definition) is 2. The molecule has 0 unspecified atom stereocenters. The predicted octanol–water partition coefficient (Wildman–Crippen LogP) is 4.18. The number of aromatic nitrogens is 2. The second-order valence-corrected chi connectivity index (χ2v) is 4.93. The van der Waals surface area contributed by atoms with Crippen molar-refractivity contribution in [2.75, 3.05) is 17.2 Å². The minimum atomic E-state index is 0.742. The SMILES string of the molecule is CCNc1cc(Nc2ccc(C)c(Cl)c2)nc(CC)n1. The summed E-state index contributed by atoms with van der Waals surface area (Å²) in [4.78, 5) is 8.90. The smallest absolute Gasteiger partial charge is 0.136 e. The first-order valence-electron chi connectivity index (χ1n) is 6.77. The van der Waals surface area contributed by atoms with Crippen LogP contribution in [0.4, 0.5) is 17.3 Å².